The molecule has 0 spiro atoms. The predicted octanol–water partition coefficient (Wildman–Crippen LogP) is 2.17. The van der Waals surface area contributed by atoms with Crippen LogP contribution >= 0.6 is 0 Å². The van der Waals surface area contributed by atoms with Gasteiger partial charge in [-0.25, -0.2) is 4.68 Å². The van der Waals surface area contributed by atoms with Gasteiger partial charge in [0.2, 0.25) is 0 Å². The third kappa shape index (κ3) is 3.64. The summed E-state index contributed by atoms with van der Waals surface area (Å²) in [5, 5.41) is 9.25. The molecular weight excluding hydrogens is 238 g/mol. The van der Waals surface area contributed by atoms with E-state index in [4.69, 9.17) is 0 Å². The lowest BCUT2D eigenvalue weighted by Gasteiger charge is -2.08. The second-order valence-electron chi connectivity index (χ2n) is 5.08. The van der Waals surface area contributed by atoms with E-state index in [0.29, 0.717) is 12.6 Å². The van der Waals surface area contributed by atoms with Gasteiger partial charge in [-0.15, -0.1) is 0 Å². The standard InChI is InChI=1S/C15H21N3O/c1-12(2)16-9-5-6-10-18-15(19)14-8-4-3-7-13(14)11-17-18/h3-4,7-8,11-12,16H,5-6,9-10H2,1-2H3. The summed E-state index contributed by atoms with van der Waals surface area (Å²) in [5.74, 6) is 0. The smallest absolute Gasteiger partial charge is 0.274 e. The summed E-state index contributed by atoms with van der Waals surface area (Å²) < 4.78 is 1.57. The van der Waals surface area contributed by atoms with Crippen molar-refractivity contribution in [1.29, 1.82) is 0 Å². The Hall–Kier alpha value is -1.68. The zero-order chi connectivity index (χ0) is 13.7. The van der Waals surface area contributed by atoms with Crippen LogP contribution in [0.25, 0.3) is 10.8 Å². The Morgan fingerprint density at radius 1 is 1.26 bits per heavy atom. The van der Waals surface area contributed by atoms with Crippen LogP contribution < -0.4 is 10.9 Å². The van der Waals surface area contributed by atoms with Crippen LogP contribution in [0.15, 0.2) is 35.3 Å². The molecule has 1 N–H and O–H groups in total. The number of nitrogens with zero attached hydrogens (tertiary/aromatic N) is 2. The summed E-state index contributed by atoms with van der Waals surface area (Å²) in [6.07, 6.45) is 3.78. The molecule has 0 aliphatic heterocycles. The van der Waals surface area contributed by atoms with Crippen LogP contribution in [0.2, 0.25) is 0 Å². The van der Waals surface area contributed by atoms with Gasteiger partial charge < -0.3 is 5.32 Å². The Labute approximate surface area is 113 Å². The SMILES string of the molecule is CC(C)NCCCCn1ncc2ccccc2c1=O. The zero-order valence-electron chi connectivity index (χ0n) is 11.6. The number of hydrogen-bond donors (Lipinski definition) is 1. The van der Waals surface area contributed by atoms with Crippen molar-refractivity contribution in [2.45, 2.75) is 39.3 Å². The van der Waals surface area contributed by atoms with Gasteiger partial charge in [0.1, 0.15) is 0 Å². The average Bonchev–Trinajstić information content (AvgIpc) is 2.41. The molecule has 1 aromatic heterocycles. The average molecular weight is 259 g/mol. The summed E-state index contributed by atoms with van der Waals surface area (Å²) in [6.45, 7) is 5.94. The van der Waals surface area contributed by atoms with Crippen molar-refractivity contribution in [3.05, 3.63) is 40.8 Å². The van der Waals surface area contributed by atoms with E-state index >= 15 is 0 Å². The number of aryl methyl sites for hydroxylation is 1. The van der Waals surface area contributed by atoms with Crippen LogP contribution in [0.5, 0.6) is 0 Å². The molecule has 0 saturated heterocycles. The molecule has 4 nitrogen and oxygen atoms in total. The number of unbranched alkanes of at least 4 members (excludes halogenated alkanes) is 1. The Morgan fingerprint density at radius 2 is 2.05 bits per heavy atom. The number of rotatable bonds is 6. The highest BCUT2D eigenvalue weighted by Crippen LogP contribution is 2.06. The molecule has 4 heteroatoms. The van der Waals surface area contributed by atoms with Crippen molar-refractivity contribution in [3.8, 4) is 0 Å². The van der Waals surface area contributed by atoms with Gasteiger partial charge in [0, 0.05) is 18.0 Å². The maximum absolute atomic E-state index is 12.2. The molecule has 0 atom stereocenters. The first-order valence-corrected chi connectivity index (χ1v) is 6.87. The molecular formula is C15H21N3O. The molecule has 19 heavy (non-hydrogen) atoms. The molecule has 0 radical (unpaired) electrons. The first-order valence-electron chi connectivity index (χ1n) is 6.87. The Kier molecular flexibility index (Phi) is 4.68. The second kappa shape index (κ2) is 6.48. The maximum atomic E-state index is 12.2. The molecule has 0 unspecified atom stereocenters. The van der Waals surface area contributed by atoms with Crippen LogP contribution in [0.1, 0.15) is 26.7 Å². The van der Waals surface area contributed by atoms with Crippen LogP contribution in [-0.4, -0.2) is 22.4 Å². The number of benzene rings is 1. The molecule has 1 aromatic carbocycles. The number of fused-ring (bicyclic) bond motifs is 1. The third-order valence-corrected chi connectivity index (χ3v) is 3.11. The van der Waals surface area contributed by atoms with E-state index < -0.39 is 0 Å². The Bertz CT molecular complexity index is 589. The van der Waals surface area contributed by atoms with Crippen molar-refractivity contribution < 1.29 is 0 Å². The quantitative estimate of drug-likeness (QED) is 0.809. The molecule has 1 heterocycles. The normalized spacial score (nSPS) is 11.3. The summed E-state index contributed by atoms with van der Waals surface area (Å²) in [6, 6.07) is 8.10. The minimum atomic E-state index is 0.00918. The summed E-state index contributed by atoms with van der Waals surface area (Å²) in [5.41, 5.74) is 0.00918. The van der Waals surface area contributed by atoms with E-state index in [1.165, 1.54) is 0 Å². The van der Waals surface area contributed by atoms with E-state index in [1.54, 1.807) is 10.9 Å². The van der Waals surface area contributed by atoms with E-state index in [2.05, 4.69) is 24.3 Å². The van der Waals surface area contributed by atoms with Crippen molar-refractivity contribution in [1.82, 2.24) is 15.1 Å². The fraction of sp³-hybridized carbons (Fsp3) is 0.467. The van der Waals surface area contributed by atoms with Gasteiger partial charge in [0.25, 0.3) is 5.56 Å². The van der Waals surface area contributed by atoms with E-state index in [9.17, 15) is 4.79 Å². The predicted molar refractivity (Wildman–Crippen MR) is 78.4 cm³/mol. The van der Waals surface area contributed by atoms with Crippen molar-refractivity contribution in [2.24, 2.45) is 0 Å². The van der Waals surface area contributed by atoms with Gasteiger partial charge in [0.15, 0.2) is 0 Å². The number of hydrogen-bond acceptors (Lipinski definition) is 3. The van der Waals surface area contributed by atoms with E-state index in [0.717, 1.165) is 30.2 Å². The van der Waals surface area contributed by atoms with Gasteiger partial charge in [0.05, 0.1) is 11.6 Å². The maximum Gasteiger partial charge on any atom is 0.274 e. The minimum Gasteiger partial charge on any atom is -0.315 e. The highest BCUT2D eigenvalue weighted by atomic mass is 16.1. The number of aromatic nitrogens is 2. The molecule has 0 aliphatic carbocycles. The van der Waals surface area contributed by atoms with Crippen molar-refractivity contribution in [2.75, 3.05) is 6.54 Å². The fourth-order valence-electron chi connectivity index (χ4n) is 2.06. The Balaban J connectivity index is 1.98. The number of nitrogens with one attached hydrogen (secondary N) is 1. The summed E-state index contributed by atoms with van der Waals surface area (Å²) >= 11 is 0. The van der Waals surface area contributed by atoms with Gasteiger partial charge in [-0.1, -0.05) is 32.0 Å². The molecule has 0 aliphatic rings. The topological polar surface area (TPSA) is 46.9 Å². The molecule has 2 aromatic rings. The summed E-state index contributed by atoms with van der Waals surface area (Å²) in [4.78, 5) is 12.2. The van der Waals surface area contributed by atoms with Gasteiger partial charge in [-0.05, 0) is 25.5 Å². The van der Waals surface area contributed by atoms with E-state index in [1.807, 2.05) is 24.3 Å². The first-order chi connectivity index (χ1) is 9.18. The van der Waals surface area contributed by atoms with Crippen LogP contribution in [0.3, 0.4) is 0 Å². The highest BCUT2D eigenvalue weighted by molar-refractivity contribution is 5.80. The second-order valence-corrected chi connectivity index (χ2v) is 5.08. The first kappa shape index (κ1) is 13.7. The monoisotopic (exact) mass is 259 g/mol. The fourth-order valence-corrected chi connectivity index (χ4v) is 2.06. The summed E-state index contributed by atoms with van der Waals surface area (Å²) in [7, 11) is 0. The molecule has 0 amide bonds. The van der Waals surface area contributed by atoms with E-state index in [-0.39, 0.29) is 5.56 Å². The largest absolute Gasteiger partial charge is 0.315 e. The molecule has 102 valence electrons. The van der Waals surface area contributed by atoms with Crippen molar-refractivity contribution in [3.63, 3.8) is 0 Å². The molecule has 2 rings (SSSR count). The van der Waals surface area contributed by atoms with Crippen LogP contribution in [0.4, 0.5) is 0 Å². The zero-order valence-corrected chi connectivity index (χ0v) is 11.6. The van der Waals surface area contributed by atoms with Gasteiger partial charge in [-0.2, -0.15) is 5.10 Å². The molecule has 0 fully saturated rings. The van der Waals surface area contributed by atoms with Gasteiger partial charge in [-0.3, -0.25) is 4.79 Å². The van der Waals surface area contributed by atoms with Gasteiger partial charge >= 0.3 is 0 Å². The lowest BCUT2D eigenvalue weighted by atomic mass is 10.2. The lowest BCUT2D eigenvalue weighted by molar-refractivity contribution is 0.501. The Morgan fingerprint density at radius 3 is 2.84 bits per heavy atom. The minimum absolute atomic E-state index is 0.00918. The van der Waals surface area contributed by atoms with Crippen LogP contribution in [-0.2, 0) is 6.54 Å². The molecule has 0 bridgehead atoms. The lowest BCUT2D eigenvalue weighted by Crippen LogP contribution is -2.25. The third-order valence-electron chi connectivity index (χ3n) is 3.11. The van der Waals surface area contributed by atoms with Crippen LogP contribution in [0, 0.1) is 0 Å². The highest BCUT2D eigenvalue weighted by Gasteiger charge is 2.02. The van der Waals surface area contributed by atoms with Crippen molar-refractivity contribution >= 4 is 10.8 Å². The molecule has 0 saturated carbocycles.